The fraction of sp³-hybridized carbons (Fsp3) is 0.0714. The van der Waals surface area contributed by atoms with E-state index in [1.54, 1.807) is 30.3 Å². The third-order valence-corrected chi connectivity index (χ3v) is 3.49. The second-order valence-electron chi connectivity index (χ2n) is 4.38. The van der Waals surface area contributed by atoms with Gasteiger partial charge in [0.15, 0.2) is 5.75 Å². The molecule has 0 aliphatic carbocycles. The Bertz CT molecular complexity index is 772. The Morgan fingerprint density at radius 3 is 2.50 bits per heavy atom. The Morgan fingerprint density at radius 2 is 1.86 bits per heavy atom. The molecule has 22 heavy (non-hydrogen) atoms. The lowest BCUT2D eigenvalue weighted by Crippen LogP contribution is -1.99. The first-order valence-corrected chi connectivity index (χ1v) is 7.00. The molecule has 0 unspecified atom stereocenters. The van der Waals surface area contributed by atoms with Crippen LogP contribution < -0.4 is 4.74 Å². The van der Waals surface area contributed by atoms with Crippen molar-refractivity contribution in [2.24, 2.45) is 0 Å². The summed E-state index contributed by atoms with van der Waals surface area (Å²) in [6.45, 7) is 0.0215. The van der Waals surface area contributed by atoms with Gasteiger partial charge >= 0.3 is 0 Å². The molecule has 0 amide bonds. The van der Waals surface area contributed by atoms with Crippen LogP contribution in [0.25, 0.3) is 11.4 Å². The lowest BCUT2D eigenvalue weighted by atomic mass is 10.2. The van der Waals surface area contributed by atoms with Gasteiger partial charge in [0.2, 0.25) is 5.82 Å². The van der Waals surface area contributed by atoms with Crippen LogP contribution in [-0.2, 0) is 6.61 Å². The smallest absolute Gasteiger partial charge is 0.204 e. The third kappa shape index (κ3) is 3.03. The first kappa shape index (κ1) is 14.7. The van der Waals surface area contributed by atoms with Crippen LogP contribution in [0.4, 0.5) is 4.39 Å². The highest BCUT2D eigenvalue weighted by Gasteiger charge is 2.14. The van der Waals surface area contributed by atoms with E-state index in [4.69, 9.17) is 27.9 Å². The summed E-state index contributed by atoms with van der Waals surface area (Å²) in [7, 11) is 0. The van der Waals surface area contributed by atoms with E-state index in [9.17, 15) is 4.39 Å². The molecule has 0 bridgehead atoms. The van der Waals surface area contributed by atoms with Gasteiger partial charge in [-0.25, -0.2) is 4.39 Å². The van der Waals surface area contributed by atoms with Crippen LogP contribution in [0, 0.1) is 5.82 Å². The van der Waals surface area contributed by atoms with Crippen molar-refractivity contribution in [1.82, 2.24) is 20.6 Å². The maximum absolute atomic E-state index is 13.6. The van der Waals surface area contributed by atoms with E-state index in [0.29, 0.717) is 17.0 Å². The van der Waals surface area contributed by atoms with Gasteiger partial charge in [-0.15, -0.1) is 10.2 Å². The zero-order valence-corrected chi connectivity index (χ0v) is 12.6. The van der Waals surface area contributed by atoms with Gasteiger partial charge in [0.05, 0.1) is 10.0 Å². The molecule has 2 aromatic carbocycles. The number of H-pyrrole nitrogens is 1. The average Bonchev–Trinajstić information content (AvgIpc) is 3.02. The van der Waals surface area contributed by atoms with Gasteiger partial charge in [-0.2, -0.15) is 5.21 Å². The largest absolute Gasteiger partial charge is 0.486 e. The molecule has 8 heteroatoms. The monoisotopic (exact) mass is 338 g/mol. The fourth-order valence-corrected chi connectivity index (χ4v) is 2.47. The average molecular weight is 339 g/mol. The number of halogens is 3. The third-order valence-electron chi connectivity index (χ3n) is 2.93. The Labute approximate surface area is 135 Å². The summed E-state index contributed by atoms with van der Waals surface area (Å²) in [4.78, 5) is 0. The molecule has 0 saturated carbocycles. The van der Waals surface area contributed by atoms with Crippen molar-refractivity contribution in [2.45, 2.75) is 6.61 Å². The second kappa shape index (κ2) is 6.29. The molecule has 1 heterocycles. The van der Waals surface area contributed by atoms with E-state index < -0.39 is 0 Å². The molecule has 1 N–H and O–H groups in total. The fourth-order valence-electron chi connectivity index (χ4n) is 1.88. The topological polar surface area (TPSA) is 63.7 Å². The molecule has 0 fully saturated rings. The normalized spacial score (nSPS) is 10.7. The van der Waals surface area contributed by atoms with Crippen LogP contribution in [0.1, 0.15) is 5.56 Å². The summed E-state index contributed by atoms with van der Waals surface area (Å²) in [6.07, 6.45) is 0. The molecule has 3 rings (SSSR count). The van der Waals surface area contributed by atoms with Crippen LogP contribution in [-0.4, -0.2) is 20.6 Å². The Morgan fingerprint density at radius 1 is 1.14 bits per heavy atom. The molecule has 1 aromatic heterocycles. The van der Waals surface area contributed by atoms with Gasteiger partial charge in [0.1, 0.15) is 12.4 Å². The van der Waals surface area contributed by atoms with Gasteiger partial charge < -0.3 is 4.74 Å². The quantitative estimate of drug-likeness (QED) is 0.783. The number of benzene rings is 2. The van der Waals surface area contributed by atoms with E-state index >= 15 is 0 Å². The van der Waals surface area contributed by atoms with Crippen molar-refractivity contribution < 1.29 is 9.13 Å². The SMILES string of the molecule is Fc1ccccc1COc1c(Cl)cc(-c2nn[nH]n2)cc1Cl. The van der Waals surface area contributed by atoms with Crippen molar-refractivity contribution in [3.8, 4) is 17.1 Å². The highest BCUT2D eigenvalue weighted by Crippen LogP contribution is 2.37. The minimum Gasteiger partial charge on any atom is -0.486 e. The van der Waals surface area contributed by atoms with Crippen molar-refractivity contribution in [1.29, 1.82) is 0 Å². The standard InChI is InChI=1S/C14H9Cl2FN4O/c15-10-5-9(14-18-20-21-19-14)6-11(16)13(10)22-7-8-3-1-2-4-12(8)17/h1-6H,7H2,(H,18,19,20,21). The van der Waals surface area contributed by atoms with Crippen LogP contribution in [0.15, 0.2) is 36.4 Å². The zero-order valence-electron chi connectivity index (χ0n) is 11.1. The number of aromatic amines is 1. The first-order chi connectivity index (χ1) is 10.6. The predicted molar refractivity (Wildman–Crippen MR) is 80.4 cm³/mol. The number of hydrogen-bond donors (Lipinski definition) is 1. The Balaban J connectivity index is 1.84. The predicted octanol–water partition coefficient (Wildman–Crippen LogP) is 3.89. The highest BCUT2D eigenvalue weighted by atomic mass is 35.5. The number of hydrogen-bond acceptors (Lipinski definition) is 4. The Hall–Kier alpha value is -2.18. The van der Waals surface area contributed by atoms with E-state index in [0.717, 1.165) is 0 Å². The minimum atomic E-state index is -0.349. The van der Waals surface area contributed by atoms with Gasteiger partial charge in [-0.3, -0.25) is 0 Å². The molecule has 0 spiro atoms. The van der Waals surface area contributed by atoms with E-state index in [2.05, 4.69) is 20.6 Å². The van der Waals surface area contributed by atoms with Gasteiger partial charge in [0.25, 0.3) is 0 Å². The van der Waals surface area contributed by atoms with Crippen LogP contribution >= 0.6 is 23.2 Å². The maximum atomic E-state index is 13.6. The lowest BCUT2D eigenvalue weighted by molar-refractivity contribution is 0.300. The molecule has 0 radical (unpaired) electrons. The number of nitrogens with zero attached hydrogens (tertiary/aromatic N) is 3. The van der Waals surface area contributed by atoms with Crippen LogP contribution in [0.3, 0.4) is 0 Å². The van der Waals surface area contributed by atoms with Crippen molar-refractivity contribution in [3.63, 3.8) is 0 Å². The molecule has 0 atom stereocenters. The van der Waals surface area contributed by atoms with Crippen molar-refractivity contribution in [2.75, 3.05) is 0 Å². The minimum absolute atomic E-state index is 0.0215. The summed E-state index contributed by atoms with van der Waals surface area (Å²) in [5, 5.41) is 14.1. The number of rotatable bonds is 4. The summed E-state index contributed by atoms with van der Waals surface area (Å²) < 4.78 is 19.1. The van der Waals surface area contributed by atoms with Gasteiger partial charge in [0, 0.05) is 11.1 Å². The molecule has 0 aliphatic rings. The molecule has 0 saturated heterocycles. The maximum Gasteiger partial charge on any atom is 0.204 e. The summed E-state index contributed by atoms with van der Waals surface area (Å²) in [5.41, 5.74) is 1.01. The molecule has 0 aliphatic heterocycles. The lowest BCUT2D eigenvalue weighted by Gasteiger charge is -2.11. The second-order valence-corrected chi connectivity index (χ2v) is 5.20. The summed E-state index contributed by atoms with van der Waals surface area (Å²) >= 11 is 12.3. The van der Waals surface area contributed by atoms with Crippen LogP contribution in [0.2, 0.25) is 10.0 Å². The van der Waals surface area contributed by atoms with Gasteiger partial charge in [-0.05, 0) is 23.4 Å². The molecule has 112 valence electrons. The summed E-state index contributed by atoms with van der Waals surface area (Å²) in [6, 6.07) is 9.54. The number of tetrazole rings is 1. The van der Waals surface area contributed by atoms with Crippen LogP contribution in [0.5, 0.6) is 5.75 Å². The first-order valence-electron chi connectivity index (χ1n) is 6.24. The molecular weight excluding hydrogens is 330 g/mol. The Kier molecular flexibility index (Phi) is 4.22. The summed E-state index contributed by atoms with van der Waals surface area (Å²) in [5.74, 6) is 0.293. The number of ether oxygens (including phenoxy) is 1. The zero-order chi connectivity index (χ0) is 15.5. The van der Waals surface area contributed by atoms with Gasteiger partial charge in [-0.1, -0.05) is 41.4 Å². The van der Waals surface area contributed by atoms with E-state index in [-0.39, 0.29) is 28.2 Å². The number of aromatic nitrogens is 4. The van der Waals surface area contributed by atoms with Crippen molar-refractivity contribution in [3.05, 3.63) is 57.8 Å². The highest BCUT2D eigenvalue weighted by molar-refractivity contribution is 6.37. The van der Waals surface area contributed by atoms with Crippen molar-refractivity contribution >= 4 is 23.2 Å². The molecule has 5 nitrogen and oxygen atoms in total. The molecule has 3 aromatic rings. The van der Waals surface area contributed by atoms with E-state index in [1.807, 2.05) is 0 Å². The van der Waals surface area contributed by atoms with E-state index in [1.165, 1.54) is 6.07 Å². The molecular formula is C14H9Cl2FN4O. The number of nitrogens with one attached hydrogen (secondary N) is 1.